The summed E-state index contributed by atoms with van der Waals surface area (Å²) in [5, 5.41) is 5.82. The monoisotopic (exact) mass is 445 g/mol. The zero-order chi connectivity index (χ0) is 19.2. The minimum atomic E-state index is -0.281. The van der Waals surface area contributed by atoms with Crippen molar-refractivity contribution in [3.05, 3.63) is 64.1 Å². The number of hydrogen-bond acceptors (Lipinski definition) is 3. The molecule has 7 heteroatoms. The summed E-state index contributed by atoms with van der Waals surface area (Å²) in [4.78, 5) is 26.5. The highest BCUT2D eigenvalue weighted by Gasteiger charge is 2.18. The smallest absolute Gasteiger partial charge is 0.257 e. The Morgan fingerprint density at radius 2 is 1.48 bits per heavy atom. The number of carbonyl (C=O) groups excluding carboxylic acids is 2. The third-order valence-electron chi connectivity index (χ3n) is 4.37. The van der Waals surface area contributed by atoms with Crippen molar-refractivity contribution in [1.29, 1.82) is 0 Å². The highest BCUT2D eigenvalue weighted by atomic mass is 79.9. The number of likely N-dealkylation sites (tertiary alicyclic amines) is 1. The first-order valence-corrected chi connectivity index (χ1v) is 10.0. The number of amides is 2. The molecule has 0 aliphatic carbocycles. The van der Waals surface area contributed by atoms with Crippen molar-refractivity contribution in [2.45, 2.75) is 19.3 Å². The summed E-state index contributed by atoms with van der Waals surface area (Å²) < 4.78 is 0.902. The molecule has 140 valence electrons. The number of rotatable bonds is 3. The van der Waals surface area contributed by atoms with E-state index in [0.717, 1.165) is 30.4 Å². The maximum absolute atomic E-state index is 12.5. The lowest BCUT2D eigenvalue weighted by atomic mass is 10.1. The van der Waals surface area contributed by atoms with Gasteiger partial charge < -0.3 is 10.2 Å². The normalized spacial score (nSPS) is 13.7. The number of halogens is 1. The van der Waals surface area contributed by atoms with E-state index in [0.29, 0.717) is 16.8 Å². The van der Waals surface area contributed by atoms with E-state index in [1.165, 1.54) is 6.42 Å². The van der Waals surface area contributed by atoms with Crippen LogP contribution in [0.25, 0.3) is 0 Å². The number of carbonyl (C=O) groups is 2. The second-order valence-electron chi connectivity index (χ2n) is 6.35. The van der Waals surface area contributed by atoms with Gasteiger partial charge in [-0.1, -0.05) is 15.9 Å². The molecule has 2 N–H and O–H groups in total. The first-order valence-electron chi connectivity index (χ1n) is 8.80. The lowest BCUT2D eigenvalue weighted by molar-refractivity contribution is 0.0724. The molecule has 1 fully saturated rings. The molecule has 1 aliphatic heterocycles. The number of thiocarbonyl (C=S) groups is 1. The van der Waals surface area contributed by atoms with E-state index < -0.39 is 0 Å². The van der Waals surface area contributed by atoms with Crippen molar-refractivity contribution in [1.82, 2.24) is 10.2 Å². The number of piperidine rings is 1. The van der Waals surface area contributed by atoms with Gasteiger partial charge in [0.15, 0.2) is 5.11 Å². The van der Waals surface area contributed by atoms with Crippen LogP contribution in [-0.2, 0) is 0 Å². The summed E-state index contributed by atoms with van der Waals surface area (Å²) >= 11 is 8.53. The van der Waals surface area contributed by atoms with Crippen molar-refractivity contribution in [3.8, 4) is 0 Å². The van der Waals surface area contributed by atoms with Gasteiger partial charge in [-0.15, -0.1) is 0 Å². The van der Waals surface area contributed by atoms with Gasteiger partial charge in [0.25, 0.3) is 11.8 Å². The van der Waals surface area contributed by atoms with E-state index >= 15 is 0 Å². The Balaban J connectivity index is 1.55. The van der Waals surface area contributed by atoms with E-state index in [9.17, 15) is 9.59 Å². The molecule has 0 unspecified atom stereocenters. The Labute approximate surface area is 172 Å². The summed E-state index contributed by atoms with van der Waals surface area (Å²) in [5.74, 6) is -0.218. The van der Waals surface area contributed by atoms with Gasteiger partial charge in [0.05, 0.1) is 0 Å². The first-order chi connectivity index (χ1) is 13.0. The van der Waals surface area contributed by atoms with Gasteiger partial charge in [0.1, 0.15) is 0 Å². The second kappa shape index (κ2) is 9.10. The van der Waals surface area contributed by atoms with Crippen LogP contribution in [0.3, 0.4) is 0 Å². The van der Waals surface area contributed by atoms with Gasteiger partial charge in [-0.3, -0.25) is 14.9 Å². The topological polar surface area (TPSA) is 61.4 Å². The van der Waals surface area contributed by atoms with Gasteiger partial charge in [-0.05, 0) is 80.0 Å². The predicted molar refractivity (Wildman–Crippen MR) is 114 cm³/mol. The molecule has 1 saturated heterocycles. The SMILES string of the molecule is O=C(NC(=S)Nc1ccc(C(=O)N2CCCCC2)cc1)c1ccc(Br)cc1. The molecule has 0 saturated carbocycles. The Hall–Kier alpha value is -2.25. The largest absolute Gasteiger partial charge is 0.339 e. The number of hydrogen-bond donors (Lipinski definition) is 2. The summed E-state index contributed by atoms with van der Waals surface area (Å²) in [6.07, 6.45) is 3.32. The van der Waals surface area contributed by atoms with Crippen LogP contribution in [0, 0.1) is 0 Å². The zero-order valence-electron chi connectivity index (χ0n) is 14.7. The number of benzene rings is 2. The van der Waals surface area contributed by atoms with Crippen molar-refractivity contribution < 1.29 is 9.59 Å². The van der Waals surface area contributed by atoms with Gasteiger partial charge in [0.2, 0.25) is 0 Å². The average molecular weight is 446 g/mol. The average Bonchev–Trinajstić information content (AvgIpc) is 2.69. The molecule has 1 aliphatic rings. The van der Waals surface area contributed by atoms with E-state index in [4.69, 9.17) is 12.2 Å². The lowest BCUT2D eigenvalue weighted by Gasteiger charge is -2.26. The molecule has 2 aromatic carbocycles. The van der Waals surface area contributed by atoms with Crippen LogP contribution < -0.4 is 10.6 Å². The van der Waals surface area contributed by atoms with Gasteiger partial charge in [0, 0.05) is 34.4 Å². The van der Waals surface area contributed by atoms with Crippen LogP contribution in [0.5, 0.6) is 0 Å². The molecule has 3 rings (SSSR count). The Bertz CT molecular complexity index is 831. The molecule has 1 heterocycles. The molecule has 27 heavy (non-hydrogen) atoms. The molecule has 2 aromatic rings. The van der Waals surface area contributed by atoms with Gasteiger partial charge in [-0.2, -0.15) is 0 Å². The fourth-order valence-electron chi connectivity index (χ4n) is 2.91. The third kappa shape index (κ3) is 5.37. The standard InChI is InChI=1S/C20H20BrN3O2S/c21-16-8-4-14(5-9-16)18(25)23-20(27)22-17-10-6-15(7-11-17)19(26)24-12-2-1-3-13-24/h4-11H,1-3,12-13H2,(H2,22,23,25,27). The quantitative estimate of drug-likeness (QED) is 0.694. The Morgan fingerprint density at radius 1 is 0.889 bits per heavy atom. The van der Waals surface area contributed by atoms with Crippen molar-refractivity contribution in [3.63, 3.8) is 0 Å². The Kier molecular flexibility index (Phi) is 6.58. The summed E-state index contributed by atoms with van der Waals surface area (Å²) in [7, 11) is 0. The highest BCUT2D eigenvalue weighted by Crippen LogP contribution is 2.16. The van der Waals surface area contributed by atoms with E-state index in [1.807, 2.05) is 4.90 Å². The van der Waals surface area contributed by atoms with Crippen LogP contribution in [0.15, 0.2) is 53.0 Å². The predicted octanol–water partition coefficient (Wildman–Crippen LogP) is 4.20. The van der Waals surface area contributed by atoms with Crippen LogP contribution in [0.2, 0.25) is 0 Å². The second-order valence-corrected chi connectivity index (χ2v) is 7.67. The first kappa shape index (κ1) is 19.5. The van der Waals surface area contributed by atoms with E-state index in [-0.39, 0.29) is 16.9 Å². The fourth-order valence-corrected chi connectivity index (χ4v) is 3.39. The van der Waals surface area contributed by atoms with Gasteiger partial charge >= 0.3 is 0 Å². The van der Waals surface area contributed by atoms with E-state index in [2.05, 4.69) is 26.6 Å². The highest BCUT2D eigenvalue weighted by molar-refractivity contribution is 9.10. The molecule has 0 atom stereocenters. The summed E-state index contributed by atoms with van der Waals surface area (Å²) in [5.41, 5.74) is 1.89. The third-order valence-corrected chi connectivity index (χ3v) is 5.10. The molecule has 0 radical (unpaired) electrons. The lowest BCUT2D eigenvalue weighted by Crippen LogP contribution is -2.35. The van der Waals surface area contributed by atoms with Gasteiger partial charge in [-0.25, -0.2) is 0 Å². The molecule has 5 nitrogen and oxygen atoms in total. The maximum Gasteiger partial charge on any atom is 0.257 e. The summed E-state index contributed by atoms with van der Waals surface area (Å²) in [6.45, 7) is 1.65. The Morgan fingerprint density at radius 3 is 2.11 bits per heavy atom. The molecule has 0 spiro atoms. The van der Waals surface area contributed by atoms with Crippen LogP contribution >= 0.6 is 28.1 Å². The summed E-state index contributed by atoms with van der Waals surface area (Å²) in [6, 6.07) is 14.1. The molecule has 0 bridgehead atoms. The van der Waals surface area contributed by atoms with Crippen LogP contribution in [0.1, 0.15) is 40.0 Å². The number of anilines is 1. The minimum Gasteiger partial charge on any atom is -0.339 e. The number of nitrogens with one attached hydrogen (secondary N) is 2. The molecule has 0 aromatic heterocycles. The maximum atomic E-state index is 12.5. The molecular formula is C20H20BrN3O2S. The van der Waals surface area contributed by atoms with Crippen molar-refractivity contribution >= 4 is 50.8 Å². The van der Waals surface area contributed by atoms with Crippen LogP contribution in [0.4, 0.5) is 5.69 Å². The molecular weight excluding hydrogens is 426 g/mol. The van der Waals surface area contributed by atoms with Crippen molar-refractivity contribution in [2.75, 3.05) is 18.4 Å². The fraction of sp³-hybridized carbons (Fsp3) is 0.250. The van der Waals surface area contributed by atoms with Crippen LogP contribution in [-0.4, -0.2) is 34.9 Å². The minimum absolute atomic E-state index is 0.0624. The van der Waals surface area contributed by atoms with E-state index in [1.54, 1.807) is 48.5 Å². The number of nitrogens with zero attached hydrogens (tertiary/aromatic N) is 1. The zero-order valence-corrected chi connectivity index (χ0v) is 17.1. The van der Waals surface area contributed by atoms with Crippen molar-refractivity contribution in [2.24, 2.45) is 0 Å². The molecule has 2 amide bonds.